The molecule has 0 saturated heterocycles. The largest absolute Gasteiger partial charge is 0.444 e. The Hall–Kier alpha value is -3.40. The number of nitriles is 1. The number of rotatable bonds is 3. The van der Waals surface area contributed by atoms with Crippen LogP contribution in [0.25, 0.3) is 22.3 Å². The Morgan fingerprint density at radius 3 is 2.53 bits per heavy atom. The monoisotopic (exact) mass is 405 g/mol. The Morgan fingerprint density at radius 2 is 1.90 bits per heavy atom. The molecule has 0 atom stereocenters. The predicted octanol–water partition coefficient (Wildman–Crippen LogP) is 5.03. The Labute approximate surface area is 176 Å². The molecule has 3 rings (SSSR count). The molecule has 1 amide bonds. The number of amides is 1. The topological polar surface area (TPSA) is 94.9 Å². The molecule has 7 nitrogen and oxygen atoms in total. The van der Waals surface area contributed by atoms with Gasteiger partial charge in [-0.15, -0.1) is 0 Å². The fourth-order valence-electron chi connectivity index (χ4n) is 3.13. The fourth-order valence-corrected chi connectivity index (χ4v) is 3.13. The minimum Gasteiger partial charge on any atom is -0.444 e. The molecule has 1 N–H and O–H groups in total. The average molecular weight is 406 g/mol. The normalized spacial score (nSPS) is 11.9. The van der Waals surface area contributed by atoms with Gasteiger partial charge in [-0.05, 0) is 59.2 Å². The molecule has 0 saturated carbocycles. The number of aromatic amines is 1. The summed E-state index contributed by atoms with van der Waals surface area (Å²) in [5.74, 6) is 0. The second-order valence-corrected chi connectivity index (χ2v) is 9.18. The first-order valence-electron chi connectivity index (χ1n) is 9.82. The molecule has 0 unspecified atom stereocenters. The lowest BCUT2D eigenvalue weighted by atomic mass is 9.99. The quantitative estimate of drug-likeness (QED) is 0.659. The number of benzene rings is 1. The highest BCUT2D eigenvalue weighted by molar-refractivity contribution is 5.90. The van der Waals surface area contributed by atoms with E-state index in [0.29, 0.717) is 5.56 Å². The molecule has 0 spiro atoms. The molecular weight excluding hydrogens is 378 g/mol. The number of nitrogens with one attached hydrogen (secondary N) is 1. The first-order chi connectivity index (χ1) is 14.0. The zero-order valence-electron chi connectivity index (χ0n) is 18.3. The van der Waals surface area contributed by atoms with E-state index in [0.717, 1.165) is 27.9 Å². The van der Waals surface area contributed by atoms with E-state index in [-0.39, 0.29) is 6.54 Å². The second kappa shape index (κ2) is 7.79. The van der Waals surface area contributed by atoms with Crippen molar-refractivity contribution in [3.63, 3.8) is 0 Å². The molecule has 0 aliphatic rings. The predicted molar refractivity (Wildman–Crippen MR) is 116 cm³/mol. The van der Waals surface area contributed by atoms with Crippen LogP contribution in [0.5, 0.6) is 0 Å². The zero-order chi connectivity index (χ0) is 22.1. The number of aromatic nitrogens is 3. The van der Waals surface area contributed by atoms with Crippen LogP contribution in [0, 0.1) is 11.3 Å². The molecule has 7 heteroatoms. The number of carbonyl (C=O) groups is 1. The van der Waals surface area contributed by atoms with Gasteiger partial charge in [-0.25, -0.2) is 14.8 Å². The summed E-state index contributed by atoms with van der Waals surface area (Å²) in [5.41, 5.74) is 2.49. The van der Waals surface area contributed by atoms with Gasteiger partial charge in [-0.1, -0.05) is 12.1 Å². The van der Waals surface area contributed by atoms with Gasteiger partial charge in [-0.3, -0.25) is 4.90 Å². The van der Waals surface area contributed by atoms with E-state index < -0.39 is 17.2 Å². The zero-order valence-corrected chi connectivity index (χ0v) is 18.3. The number of carbonyl (C=O) groups excluding carboxylic acids is 1. The van der Waals surface area contributed by atoms with E-state index in [2.05, 4.69) is 21.0 Å². The molecule has 2 heterocycles. The number of nitrogens with zero attached hydrogens (tertiary/aromatic N) is 4. The number of hydrogen-bond acceptors (Lipinski definition) is 5. The highest BCUT2D eigenvalue weighted by Crippen LogP contribution is 2.28. The van der Waals surface area contributed by atoms with E-state index >= 15 is 0 Å². The summed E-state index contributed by atoms with van der Waals surface area (Å²) < 4.78 is 5.59. The van der Waals surface area contributed by atoms with Crippen molar-refractivity contribution in [3.05, 3.63) is 47.9 Å². The minimum atomic E-state index is -0.600. The number of fused-ring (bicyclic) bond motifs is 1. The summed E-state index contributed by atoms with van der Waals surface area (Å²) >= 11 is 0. The van der Waals surface area contributed by atoms with E-state index in [4.69, 9.17) is 4.74 Å². The maximum absolute atomic E-state index is 12.8. The van der Waals surface area contributed by atoms with Gasteiger partial charge in [-0.2, -0.15) is 5.26 Å². The Kier molecular flexibility index (Phi) is 5.53. The summed E-state index contributed by atoms with van der Waals surface area (Å²) in [5, 5.41) is 10.7. The first kappa shape index (κ1) is 21.3. The van der Waals surface area contributed by atoms with Crippen LogP contribution < -0.4 is 0 Å². The van der Waals surface area contributed by atoms with E-state index in [1.807, 2.05) is 65.9 Å². The van der Waals surface area contributed by atoms with Crippen molar-refractivity contribution in [2.24, 2.45) is 0 Å². The summed E-state index contributed by atoms with van der Waals surface area (Å²) in [6.45, 7) is 11.6. The summed E-state index contributed by atoms with van der Waals surface area (Å²) in [7, 11) is 0. The highest BCUT2D eigenvalue weighted by Gasteiger charge is 2.31. The van der Waals surface area contributed by atoms with Crippen LogP contribution in [-0.4, -0.2) is 37.1 Å². The van der Waals surface area contributed by atoms with Crippen LogP contribution in [0.3, 0.4) is 0 Å². The highest BCUT2D eigenvalue weighted by atomic mass is 16.6. The van der Waals surface area contributed by atoms with E-state index in [1.165, 1.54) is 6.33 Å². The van der Waals surface area contributed by atoms with Gasteiger partial charge >= 0.3 is 6.09 Å². The Morgan fingerprint density at radius 1 is 1.17 bits per heavy atom. The molecular formula is C23H27N5O2. The third-order valence-corrected chi connectivity index (χ3v) is 4.61. The summed E-state index contributed by atoms with van der Waals surface area (Å²) in [6.07, 6.45) is 2.90. The van der Waals surface area contributed by atoms with Crippen LogP contribution in [0.4, 0.5) is 4.79 Å². The van der Waals surface area contributed by atoms with Crippen LogP contribution >= 0.6 is 0 Å². The fraction of sp³-hybridized carbons (Fsp3) is 0.391. The third kappa shape index (κ3) is 4.60. The maximum atomic E-state index is 12.8. The van der Waals surface area contributed by atoms with Crippen molar-refractivity contribution >= 4 is 17.1 Å². The Bertz CT molecular complexity index is 1110. The number of ether oxygens (including phenoxy) is 1. The van der Waals surface area contributed by atoms with Crippen molar-refractivity contribution in [2.75, 3.05) is 0 Å². The second-order valence-electron chi connectivity index (χ2n) is 9.18. The molecule has 156 valence electrons. The SMILES string of the molecule is CC(C)(C)OC(=O)N(Cc1ccc(-c2ncnc3[nH]ccc23)cc1C#N)C(C)(C)C. The van der Waals surface area contributed by atoms with Crippen molar-refractivity contribution in [1.29, 1.82) is 5.26 Å². The van der Waals surface area contributed by atoms with Crippen LogP contribution in [-0.2, 0) is 11.3 Å². The van der Waals surface area contributed by atoms with Crippen LogP contribution in [0.2, 0.25) is 0 Å². The molecule has 0 aliphatic heterocycles. The summed E-state index contributed by atoms with van der Waals surface area (Å²) in [4.78, 5) is 26.1. The van der Waals surface area contributed by atoms with Gasteiger partial charge in [0.15, 0.2) is 0 Å². The van der Waals surface area contributed by atoms with Crippen molar-refractivity contribution in [1.82, 2.24) is 19.9 Å². The van der Waals surface area contributed by atoms with Gasteiger partial charge < -0.3 is 9.72 Å². The third-order valence-electron chi connectivity index (χ3n) is 4.61. The van der Waals surface area contributed by atoms with Crippen LogP contribution in [0.1, 0.15) is 52.7 Å². The van der Waals surface area contributed by atoms with E-state index in [1.54, 1.807) is 11.0 Å². The van der Waals surface area contributed by atoms with Crippen molar-refractivity contribution < 1.29 is 9.53 Å². The lowest BCUT2D eigenvalue weighted by Crippen LogP contribution is -2.47. The molecule has 30 heavy (non-hydrogen) atoms. The number of H-pyrrole nitrogens is 1. The molecule has 2 aromatic heterocycles. The van der Waals surface area contributed by atoms with Gasteiger partial charge in [0.2, 0.25) is 0 Å². The smallest absolute Gasteiger partial charge is 0.411 e. The molecule has 0 fully saturated rings. The van der Waals surface area contributed by atoms with Crippen LogP contribution in [0.15, 0.2) is 36.8 Å². The first-order valence-corrected chi connectivity index (χ1v) is 9.82. The molecule has 0 aliphatic carbocycles. The molecule has 0 bridgehead atoms. The van der Waals surface area contributed by atoms with Gasteiger partial charge in [0.05, 0.1) is 23.9 Å². The molecule has 3 aromatic rings. The molecule has 0 radical (unpaired) electrons. The lowest BCUT2D eigenvalue weighted by molar-refractivity contribution is 0.00370. The lowest BCUT2D eigenvalue weighted by Gasteiger charge is -2.37. The van der Waals surface area contributed by atoms with Gasteiger partial charge in [0.1, 0.15) is 17.6 Å². The standard InChI is InChI=1S/C23H27N5O2/c1-22(2,3)28(21(29)30-23(4,5)6)13-16-8-7-15(11-17(16)12-24)19-18-9-10-25-20(18)27-14-26-19/h7-11,14H,13H2,1-6H3,(H,25,26,27). The van der Waals surface area contributed by atoms with Gasteiger partial charge in [0, 0.05) is 22.7 Å². The van der Waals surface area contributed by atoms with Crippen molar-refractivity contribution in [3.8, 4) is 17.3 Å². The maximum Gasteiger partial charge on any atom is 0.411 e. The average Bonchev–Trinajstić information content (AvgIpc) is 3.12. The minimum absolute atomic E-state index is 0.269. The Balaban J connectivity index is 1.97. The van der Waals surface area contributed by atoms with Crippen molar-refractivity contribution in [2.45, 2.75) is 59.2 Å². The van der Waals surface area contributed by atoms with E-state index in [9.17, 15) is 10.1 Å². The van der Waals surface area contributed by atoms with Gasteiger partial charge in [0.25, 0.3) is 0 Å². The summed E-state index contributed by atoms with van der Waals surface area (Å²) in [6, 6.07) is 9.77. The molecule has 1 aromatic carbocycles. The number of hydrogen-bond donors (Lipinski definition) is 1.